The van der Waals surface area contributed by atoms with Crippen LogP contribution in [-0.4, -0.2) is 11.7 Å². The first kappa shape index (κ1) is 15.7. The van der Waals surface area contributed by atoms with Crippen molar-refractivity contribution in [1.29, 1.82) is 0 Å². The summed E-state index contributed by atoms with van der Waals surface area (Å²) in [6.07, 6.45) is -0.782. The highest BCUT2D eigenvalue weighted by Gasteiger charge is 2.12. The lowest BCUT2D eigenvalue weighted by atomic mass is 10.1. The maximum atomic E-state index is 10.1. The largest absolute Gasteiger partial charge is 0.387 e. The highest BCUT2D eigenvalue weighted by molar-refractivity contribution is 6.42. The molecule has 2 rings (SSSR count). The maximum Gasteiger partial charge on any atom is 0.0977 e. The number of hydrogen-bond acceptors (Lipinski definition) is 2. The van der Waals surface area contributed by atoms with Crippen LogP contribution in [0.5, 0.6) is 0 Å². The summed E-state index contributed by atoms with van der Waals surface area (Å²) in [5.74, 6) is 0. The van der Waals surface area contributed by atoms with Crippen molar-refractivity contribution in [2.45, 2.75) is 6.10 Å². The number of benzene rings is 2. The van der Waals surface area contributed by atoms with Crippen LogP contribution in [0.1, 0.15) is 11.7 Å². The first-order valence-corrected chi connectivity index (χ1v) is 7.30. The predicted molar refractivity (Wildman–Crippen MR) is 86.4 cm³/mol. The maximum absolute atomic E-state index is 10.1. The van der Waals surface area contributed by atoms with E-state index in [1.807, 2.05) is 0 Å². The molecule has 0 aromatic heterocycles. The van der Waals surface area contributed by atoms with Gasteiger partial charge >= 0.3 is 0 Å². The minimum atomic E-state index is -0.782. The predicted octanol–water partition coefficient (Wildman–Crippen LogP) is 5.45. The van der Waals surface area contributed by atoms with Crippen molar-refractivity contribution in [3.63, 3.8) is 0 Å². The monoisotopic (exact) mass is 349 g/mol. The van der Waals surface area contributed by atoms with Crippen molar-refractivity contribution in [2.24, 2.45) is 0 Å². The van der Waals surface area contributed by atoms with Gasteiger partial charge in [0.1, 0.15) is 0 Å². The molecular formula is C14H11Cl4NO. The number of aliphatic hydroxyl groups is 1. The Balaban J connectivity index is 2.06. The standard InChI is InChI=1S/C14H11Cl4NO/c15-8-1-3-11(16)10(5-8)14(20)7-19-9-2-4-12(17)13(18)6-9/h1-6,14,19-20H,7H2. The number of halogens is 4. The van der Waals surface area contributed by atoms with Crippen molar-refractivity contribution in [3.05, 3.63) is 62.1 Å². The minimum Gasteiger partial charge on any atom is -0.387 e. The zero-order valence-corrected chi connectivity index (χ0v) is 13.2. The van der Waals surface area contributed by atoms with Crippen LogP contribution in [0.3, 0.4) is 0 Å². The van der Waals surface area contributed by atoms with E-state index in [-0.39, 0.29) is 6.54 Å². The molecule has 0 saturated carbocycles. The van der Waals surface area contributed by atoms with Crippen LogP contribution in [0.15, 0.2) is 36.4 Å². The van der Waals surface area contributed by atoms with Crippen LogP contribution >= 0.6 is 46.4 Å². The number of hydrogen-bond donors (Lipinski definition) is 2. The van der Waals surface area contributed by atoms with E-state index >= 15 is 0 Å². The van der Waals surface area contributed by atoms with Gasteiger partial charge in [-0.2, -0.15) is 0 Å². The van der Waals surface area contributed by atoms with Gasteiger partial charge in [-0.15, -0.1) is 0 Å². The molecule has 0 fully saturated rings. The van der Waals surface area contributed by atoms with E-state index < -0.39 is 6.10 Å². The molecule has 2 aromatic carbocycles. The van der Waals surface area contributed by atoms with Crippen LogP contribution < -0.4 is 5.32 Å². The lowest BCUT2D eigenvalue weighted by Gasteiger charge is -2.15. The van der Waals surface area contributed by atoms with Gasteiger partial charge in [0, 0.05) is 27.8 Å². The number of rotatable bonds is 4. The second-order valence-electron chi connectivity index (χ2n) is 4.19. The molecule has 0 aliphatic heterocycles. The smallest absolute Gasteiger partial charge is 0.0977 e. The molecule has 0 aliphatic rings. The fourth-order valence-corrected chi connectivity index (χ4v) is 2.42. The number of aliphatic hydroxyl groups excluding tert-OH is 1. The van der Waals surface area contributed by atoms with E-state index in [0.717, 1.165) is 5.69 Å². The van der Waals surface area contributed by atoms with Crippen LogP contribution in [0.25, 0.3) is 0 Å². The van der Waals surface area contributed by atoms with Crippen molar-refractivity contribution >= 4 is 52.1 Å². The average Bonchev–Trinajstić information content (AvgIpc) is 2.42. The summed E-state index contributed by atoms with van der Waals surface area (Å²) < 4.78 is 0. The van der Waals surface area contributed by atoms with Crippen molar-refractivity contribution < 1.29 is 5.11 Å². The van der Waals surface area contributed by atoms with Gasteiger partial charge in [-0.3, -0.25) is 0 Å². The summed E-state index contributed by atoms with van der Waals surface area (Å²) in [4.78, 5) is 0. The average molecular weight is 351 g/mol. The van der Waals surface area contributed by atoms with Gasteiger partial charge in [-0.25, -0.2) is 0 Å². The molecule has 0 saturated heterocycles. The molecule has 1 unspecified atom stereocenters. The van der Waals surface area contributed by atoms with Gasteiger partial charge < -0.3 is 10.4 Å². The van der Waals surface area contributed by atoms with Crippen molar-refractivity contribution in [3.8, 4) is 0 Å². The third-order valence-electron chi connectivity index (χ3n) is 2.74. The molecule has 2 aromatic rings. The van der Waals surface area contributed by atoms with Gasteiger partial charge in [0.25, 0.3) is 0 Å². The highest BCUT2D eigenvalue weighted by Crippen LogP contribution is 2.28. The molecular weight excluding hydrogens is 340 g/mol. The third kappa shape index (κ3) is 3.94. The lowest BCUT2D eigenvalue weighted by molar-refractivity contribution is 0.192. The Kier molecular flexibility index (Phi) is 5.42. The third-order valence-corrected chi connectivity index (χ3v) is 4.05. The van der Waals surface area contributed by atoms with E-state index in [4.69, 9.17) is 46.4 Å². The molecule has 0 radical (unpaired) electrons. The van der Waals surface area contributed by atoms with Crippen LogP contribution in [0.2, 0.25) is 20.1 Å². The summed E-state index contributed by atoms with van der Waals surface area (Å²) in [5.41, 5.74) is 1.34. The zero-order chi connectivity index (χ0) is 14.7. The van der Waals surface area contributed by atoms with E-state index in [1.165, 1.54) is 0 Å². The Labute approximate surface area is 137 Å². The molecule has 6 heteroatoms. The molecule has 2 N–H and O–H groups in total. The summed E-state index contributed by atoms with van der Waals surface area (Å²) in [6, 6.07) is 10.1. The zero-order valence-electron chi connectivity index (χ0n) is 10.2. The molecule has 1 atom stereocenters. The van der Waals surface area contributed by atoms with Gasteiger partial charge in [-0.1, -0.05) is 46.4 Å². The Bertz CT molecular complexity index is 618. The molecule has 0 spiro atoms. The van der Waals surface area contributed by atoms with Gasteiger partial charge in [0.2, 0.25) is 0 Å². The first-order chi connectivity index (χ1) is 9.47. The Morgan fingerprint density at radius 3 is 2.30 bits per heavy atom. The van der Waals surface area contributed by atoms with Crippen LogP contribution in [0.4, 0.5) is 5.69 Å². The second-order valence-corrected chi connectivity index (χ2v) is 5.85. The highest BCUT2D eigenvalue weighted by atomic mass is 35.5. The summed E-state index contributed by atoms with van der Waals surface area (Å²) in [6.45, 7) is 0.276. The van der Waals surface area contributed by atoms with E-state index in [0.29, 0.717) is 25.7 Å². The Morgan fingerprint density at radius 1 is 0.900 bits per heavy atom. The van der Waals surface area contributed by atoms with Gasteiger partial charge in [0.05, 0.1) is 16.1 Å². The molecule has 0 amide bonds. The van der Waals surface area contributed by atoms with Crippen molar-refractivity contribution in [1.82, 2.24) is 0 Å². The topological polar surface area (TPSA) is 32.3 Å². The minimum absolute atomic E-state index is 0.276. The normalized spacial score (nSPS) is 12.2. The van der Waals surface area contributed by atoms with E-state index in [9.17, 15) is 5.11 Å². The summed E-state index contributed by atoms with van der Waals surface area (Å²) in [7, 11) is 0. The molecule has 106 valence electrons. The van der Waals surface area contributed by atoms with E-state index in [1.54, 1.807) is 36.4 Å². The molecule has 0 heterocycles. The summed E-state index contributed by atoms with van der Waals surface area (Å²) >= 11 is 23.7. The fraction of sp³-hybridized carbons (Fsp3) is 0.143. The molecule has 2 nitrogen and oxygen atoms in total. The molecule has 0 aliphatic carbocycles. The Morgan fingerprint density at radius 2 is 1.60 bits per heavy atom. The van der Waals surface area contributed by atoms with Gasteiger partial charge in [0.15, 0.2) is 0 Å². The Hall–Kier alpha value is -0.640. The van der Waals surface area contributed by atoms with Crippen molar-refractivity contribution in [2.75, 3.05) is 11.9 Å². The summed E-state index contributed by atoms with van der Waals surface area (Å²) in [5, 5.41) is 15.1. The molecule has 0 bridgehead atoms. The first-order valence-electron chi connectivity index (χ1n) is 5.79. The number of anilines is 1. The van der Waals surface area contributed by atoms with Crippen LogP contribution in [-0.2, 0) is 0 Å². The molecule has 20 heavy (non-hydrogen) atoms. The lowest BCUT2D eigenvalue weighted by Crippen LogP contribution is -2.12. The SMILES string of the molecule is OC(CNc1ccc(Cl)c(Cl)c1)c1cc(Cl)ccc1Cl. The second kappa shape index (κ2) is 6.88. The fourth-order valence-electron chi connectivity index (χ4n) is 1.70. The number of nitrogens with one attached hydrogen (secondary N) is 1. The quantitative estimate of drug-likeness (QED) is 0.768. The van der Waals surface area contributed by atoms with Crippen LogP contribution in [0, 0.1) is 0 Å². The van der Waals surface area contributed by atoms with E-state index in [2.05, 4.69) is 5.32 Å². The van der Waals surface area contributed by atoms with Gasteiger partial charge in [-0.05, 0) is 36.4 Å².